The Morgan fingerprint density at radius 3 is 2.91 bits per heavy atom. The van der Waals surface area contributed by atoms with Crippen LogP contribution in [0.4, 0.5) is 10.5 Å². The molecule has 0 spiro atoms. The van der Waals surface area contributed by atoms with Gasteiger partial charge in [-0.15, -0.1) is 0 Å². The van der Waals surface area contributed by atoms with Crippen LogP contribution in [0.2, 0.25) is 0 Å². The normalized spacial score (nSPS) is 22.0. The lowest BCUT2D eigenvalue weighted by Crippen LogP contribution is -2.52. The smallest absolute Gasteiger partial charge is 0.326 e. The first kappa shape index (κ1) is 14.8. The minimum absolute atomic E-state index is 0.165. The Bertz CT molecular complexity index is 569. The highest BCUT2D eigenvalue weighted by atomic mass is 16.5. The standard InChI is InChI=1S/C16H20N2O4/c19-15(20)14(12-7-9-22-10-12)17-16(21)18-8-3-5-11-4-1-2-6-13(11)18/h1-2,4,6,12,14H,3,5,7-10H2,(H,17,21)(H,19,20). The zero-order valence-electron chi connectivity index (χ0n) is 12.3. The molecule has 6 nitrogen and oxygen atoms in total. The van der Waals surface area contributed by atoms with E-state index in [1.54, 1.807) is 4.90 Å². The first-order valence-electron chi connectivity index (χ1n) is 7.63. The zero-order valence-corrected chi connectivity index (χ0v) is 12.3. The number of urea groups is 1. The summed E-state index contributed by atoms with van der Waals surface area (Å²) in [5, 5.41) is 12.1. The summed E-state index contributed by atoms with van der Waals surface area (Å²) >= 11 is 0. The van der Waals surface area contributed by atoms with E-state index >= 15 is 0 Å². The van der Waals surface area contributed by atoms with Crippen molar-refractivity contribution in [3.8, 4) is 0 Å². The molecule has 3 rings (SSSR count). The van der Waals surface area contributed by atoms with Crippen molar-refractivity contribution in [2.24, 2.45) is 5.92 Å². The van der Waals surface area contributed by atoms with Gasteiger partial charge in [-0.1, -0.05) is 18.2 Å². The molecule has 0 saturated carbocycles. The molecule has 22 heavy (non-hydrogen) atoms. The molecule has 0 aromatic heterocycles. The lowest BCUT2D eigenvalue weighted by molar-refractivity contribution is -0.140. The van der Waals surface area contributed by atoms with Crippen LogP contribution in [-0.4, -0.2) is 42.9 Å². The summed E-state index contributed by atoms with van der Waals surface area (Å²) in [6.45, 7) is 1.54. The number of carbonyl (C=O) groups excluding carboxylic acids is 1. The van der Waals surface area contributed by atoms with Crippen molar-refractivity contribution in [1.29, 1.82) is 0 Å². The van der Waals surface area contributed by atoms with Crippen molar-refractivity contribution in [2.75, 3.05) is 24.7 Å². The number of aryl methyl sites for hydroxylation is 1. The number of anilines is 1. The van der Waals surface area contributed by atoms with Gasteiger partial charge in [0.2, 0.25) is 0 Å². The number of rotatable bonds is 3. The van der Waals surface area contributed by atoms with E-state index < -0.39 is 12.0 Å². The van der Waals surface area contributed by atoms with E-state index in [1.165, 1.54) is 0 Å². The van der Waals surface area contributed by atoms with Crippen LogP contribution in [0.15, 0.2) is 24.3 Å². The highest BCUT2D eigenvalue weighted by molar-refractivity contribution is 5.95. The van der Waals surface area contributed by atoms with Crippen LogP contribution in [0.25, 0.3) is 0 Å². The van der Waals surface area contributed by atoms with Crippen LogP contribution < -0.4 is 10.2 Å². The minimum atomic E-state index is -1.01. The second-order valence-corrected chi connectivity index (χ2v) is 5.77. The van der Waals surface area contributed by atoms with Crippen molar-refractivity contribution in [1.82, 2.24) is 5.32 Å². The molecular weight excluding hydrogens is 284 g/mol. The molecule has 0 radical (unpaired) electrons. The number of hydrogen-bond donors (Lipinski definition) is 2. The van der Waals surface area contributed by atoms with Crippen molar-refractivity contribution in [3.05, 3.63) is 29.8 Å². The van der Waals surface area contributed by atoms with E-state index in [1.807, 2.05) is 24.3 Å². The van der Waals surface area contributed by atoms with Gasteiger partial charge in [-0.05, 0) is 30.9 Å². The molecule has 0 aliphatic carbocycles. The Morgan fingerprint density at radius 1 is 1.36 bits per heavy atom. The number of carboxylic acid groups (broad SMARTS) is 1. The molecule has 6 heteroatoms. The Kier molecular flexibility index (Phi) is 4.29. The number of nitrogens with zero attached hydrogens (tertiary/aromatic N) is 1. The molecule has 1 aromatic carbocycles. The summed E-state index contributed by atoms with van der Waals surface area (Å²) in [6, 6.07) is 6.52. The number of aliphatic carboxylic acids is 1. The molecule has 1 saturated heterocycles. The van der Waals surface area contributed by atoms with Gasteiger partial charge in [-0.3, -0.25) is 4.90 Å². The van der Waals surface area contributed by atoms with E-state index in [4.69, 9.17) is 4.74 Å². The number of nitrogens with one attached hydrogen (secondary N) is 1. The quantitative estimate of drug-likeness (QED) is 0.890. The van der Waals surface area contributed by atoms with Crippen molar-refractivity contribution in [3.63, 3.8) is 0 Å². The molecule has 2 unspecified atom stereocenters. The fourth-order valence-corrected chi connectivity index (χ4v) is 3.15. The largest absolute Gasteiger partial charge is 0.480 e. The fraction of sp³-hybridized carbons (Fsp3) is 0.500. The summed E-state index contributed by atoms with van der Waals surface area (Å²) in [5.74, 6) is -1.17. The maximum atomic E-state index is 12.5. The van der Waals surface area contributed by atoms with Crippen molar-refractivity contribution < 1.29 is 19.4 Å². The van der Waals surface area contributed by atoms with E-state index in [-0.39, 0.29) is 11.9 Å². The summed E-state index contributed by atoms with van der Waals surface area (Å²) in [5.41, 5.74) is 2.00. The first-order chi connectivity index (χ1) is 10.7. The maximum absolute atomic E-state index is 12.5. The molecule has 2 atom stereocenters. The Hall–Kier alpha value is -2.08. The third-order valence-corrected chi connectivity index (χ3v) is 4.34. The summed E-state index contributed by atoms with van der Waals surface area (Å²) in [7, 11) is 0. The predicted molar refractivity (Wildman–Crippen MR) is 81.0 cm³/mol. The van der Waals surface area contributed by atoms with Gasteiger partial charge in [-0.2, -0.15) is 0 Å². The second-order valence-electron chi connectivity index (χ2n) is 5.77. The number of hydrogen-bond acceptors (Lipinski definition) is 3. The third-order valence-electron chi connectivity index (χ3n) is 4.34. The van der Waals surface area contributed by atoms with E-state index in [0.29, 0.717) is 26.2 Å². The molecule has 2 amide bonds. The topological polar surface area (TPSA) is 78.9 Å². The van der Waals surface area contributed by atoms with E-state index in [0.717, 1.165) is 24.1 Å². The van der Waals surface area contributed by atoms with Gasteiger partial charge in [0.05, 0.1) is 6.61 Å². The monoisotopic (exact) mass is 304 g/mol. The third kappa shape index (κ3) is 2.92. The fourth-order valence-electron chi connectivity index (χ4n) is 3.15. The molecule has 2 N–H and O–H groups in total. The lowest BCUT2D eigenvalue weighted by atomic mass is 9.99. The van der Waals surface area contributed by atoms with Crippen molar-refractivity contribution >= 4 is 17.7 Å². The average molecular weight is 304 g/mol. The van der Waals surface area contributed by atoms with Crippen LogP contribution in [0.3, 0.4) is 0 Å². The van der Waals surface area contributed by atoms with Crippen LogP contribution in [-0.2, 0) is 16.0 Å². The van der Waals surface area contributed by atoms with Gasteiger partial charge in [0, 0.05) is 24.8 Å². The first-order valence-corrected chi connectivity index (χ1v) is 7.63. The highest BCUT2D eigenvalue weighted by Crippen LogP contribution is 2.27. The van der Waals surface area contributed by atoms with Crippen LogP contribution in [0.1, 0.15) is 18.4 Å². The number of benzene rings is 1. The molecular formula is C16H20N2O4. The number of fused-ring (bicyclic) bond motifs is 1. The summed E-state index contributed by atoms with van der Waals surface area (Å²) in [6.07, 6.45) is 2.49. The molecule has 118 valence electrons. The van der Waals surface area contributed by atoms with Gasteiger partial charge in [0.15, 0.2) is 0 Å². The second kappa shape index (κ2) is 6.36. The van der Waals surface area contributed by atoms with Gasteiger partial charge in [0.1, 0.15) is 6.04 Å². The average Bonchev–Trinajstić information content (AvgIpc) is 3.05. The number of carboxylic acids is 1. The molecule has 2 aliphatic heterocycles. The Balaban J connectivity index is 1.75. The number of carbonyl (C=O) groups is 2. The molecule has 1 fully saturated rings. The number of para-hydroxylation sites is 1. The predicted octanol–water partition coefficient (Wildman–Crippen LogP) is 1.64. The molecule has 2 aliphatic rings. The number of amides is 2. The van der Waals surface area contributed by atoms with E-state index in [2.05, 4.69) is 5.32 Å². The van der Waals surface area contributed by atoms with Gasteiger partial charge in [0.25, 0.3) is 0 Å². The highest BCUT2D eigenvalue weighted by Gasteiger charge is 2.34. The minimum Gasteiger partial charge on any atom is -0.480 e. The summed E-state index contributed by atoms with van der Waals surface area (Å²) in [4.78, 5) is 25.6. The zero-order chi connectivity index (χ0) is 15.5. The Labute approximate surface area is 129 Å². The van der Waals surface area contributed by atoms with Gasteiger partial charge >= 0.3 is 12.0 Å². The van der Waals surface area contributed by atoms with Crippen LogP contribution in [0.5, 0.6) is 0 Å². The summed E-state index contributed by atoms with van der Waals surface area (Å²) < 4.78 is 5.24. The Morgan fingerprint density at radius 2 is 2.18 bits per heavy atom. The van der Waals surface area contributed by atoms with Gasteiger partial charge in [-0.25, -0.2) is 9.59 Å². The van der Waals surface area contributed by atoms with Crippen LogP contribution in [0, 0.1) is 5.92 Å². The molecule has 0 bridgehead atoms. The maximum Gasteiger partial charge on any atom is 0.326 e. The molecule has 2 heterocycles. The van der Waals surface area contributed by atoms with Crippen molar-refractivity contribution in [2.45, 2.75) is 25.3 Å². The van der Waals surface area contributed by atoms with E-state index in [9.17, 15) is 14.7 Å². The molecule has 1 aromatic rings. The van der Waals surface area contributed by atoms with Crippen LogP contribution >= 0.6 is 0 Å². The lowest BCUT2D eigenvalue weighted by Gasteiger charge is -2.31. The number of ether oxygens (including phenoxy) is 1. The SMILES string of the molecule is O=C(O)C(NC(=O)N1CCCc2ccccc21)C1CCOC1. The van der Waals surface area contributed by atoms with Gasteiger partial charge < -0.3 is 15.2 Å².